The average molecular weight is 690 g/mol. The molecular formula is C52H35NO. The molecule has 2 heteroatoms. The Hall–Kier alpha value is -7.16. The Morgan fingerprint density at radius 3 is 1.70 bits per heavy atom. The number of nitrogens with zero attached hydrogens (tertiary/aromatic N) is 1. The lowest BCUT2D eigenvalue weighted by molar-refractivity contribution is 0.669. The monoisotopic (exact) mass is 689 g/mol. The average Bonchev–Trinajstić information content (AvgIpc) is 3.63. The summed E-state index contributed by atoms with van der Waals surface area (Å²) in [5, 5.41) is 4.71. The lowest BCUT2D eigenvalue weighted by atomic mass is 9.93. The van der Waals surface area contributed by atoms with Crippen molar-refractivity contribution in [2.45, 2.75) is 0 Å². The molecule has 0 bridgehead atoms. The van der Waals surface area contributed by atoms with E-state index in [4.69, 9.17) is 4.42 Å². The minimum atomic E-state index is 0.896. The minimum absolute atomic E-state index is 0.896. The van der Waals surface area contributed by atoms with Crippen LogP contribution in [0.25, 0.3) is 77.2 Å². The molecule has 0 radical (unpaired) electrons. The SMILES string of the molecule is c1ccc(-c2ccccc2N(c2cccc(-c3ccc4oc5ccccc5c4c3)c2)c2cc(-c3cccc4ccccc34)ccc2-c2ccccc2)cc1. The predicted molar refractivity (Wildman–Crippen MR) is 228 cm³/mol. The van der Waals surface area contributed by atoms with E-state index in [-0.39, 0.29) is 0 Å². The van der Waals surface area contributed by atoms with Crippen LogP contribution in [0.1, 0.15) is 0 Å². The first-order chi connectivity index (χ1) is 26.8. The summed E-state index contributed by atoms with van der Waals surface area (Å²) in [5.41, 5.74) is 14.3. The maximum absolute atomic E-state index is 6.20. The van der Waals surface area contributed by atoms with Crippen LogP contribution in [0.3, 0.4) is 0 Å². The molecule has 1 aromatic heterocycles. The zero-order valence-corrected chi connectivity index (χ0v) is 29.6. The quantitative estimate of drug-likeness (QED) is 0.166. The molecule has 0 unspecified atom stereocenters. The summed E-state index contributed by atoms with van der Waals surface area (Å²) in [4.78, 5) is 2.45. The molecule has 9 aromatic carbocycles. The molecule has 54 heavy (non-hydrogen) atoms. The molecule has 10 rings (SSSR count). The van der Waals surface area contributed by atoms with Crippen LogP contribution in [0.2, 0.25) is 0 Å². The van der Waals surface area contributed by atoms with E-state index in [1.165, 1.54) is 16.3 Å². The highest BCUT2D eigenvalue weighted by atomic mass is 16.3. The van der Waals surface area contributed by atoms with Crippen molar-refractivity contribution in [3.8, 4) is 44.5 Å². The van der Waals surface area contributed by atoms with Crippen molar-refractivity contribution in [2.24, 2.45) is 0 Å². The highest BCUT2D eigenvalue weighted by molar-refractivity contribution is 6.06. The van der Waals surface area contributed by atoms with Gasteiger partial charge in [0.2, 0.25) is 0 Å². The van der Waals surface area contributed by atoms with Crippen LogP contribution in [0.4, 0.5) is 17.1 Å². The highest BCUT2D eigenvalue weighted by Gasteiger charge is 2.22. The van der Waals surface area contributed by atoms with E-state index >= 15 is 0 Å². The maximum Gasteiger partial charge on any atom is 0.135 e. The zero-order valence-electron chi connectivity index (χ0n) is 29.6. The van der Waals surface area contributed by atoms with Crippen molar-refractivity contribution in [2.75, 3.05) is 4.90 Å². The van der Waals surface area contributed by atoms with Gasteiger partial charge in [0.1, 0.15) is 11.2 Å². The number of furan rings is 1. The first-order valence-electron chi connectivity index (χ1n) is 18.4. The summed E-state index contributed by atoms with van der Waals surface area (Å²) in [6, 6.07) is 76.1. The summed E-state index contributed by atoms with van der Waals surface area (Å²) in [7, 11) is 0. The van der Waals surface area contributed by atoms with Crippen LogP contribution in [-0.4, -0.2) is 0 Å². The first-order valence-corrected chi connectivity index (χ1v) is 18.4. The van der Waals surface area contributed by atoms with Gasteiger partial charge in [0.05, 0.1) is 11.4 Å². The van der Waals surface area contributed by atoms with Crippen LogP contribution in [0, 0.1) is 0 Å². The fourth-order valence-corrected chi connectivity index (χ4v) is 7.89. The smallest absolute Gasteiger partial charge is 0.135 e. The fourth-order valence-electron chi connectivity index (χ4n) is 7.89. The van der Waals surface area contributed by atoms with Crippen LogP contribution in [0.15, 0.2) is 217 Å². The van der Waals surface area contributed by atoms with Crippen LogP contribution >= 0.6 is 0 Å². The molecule has 0 atom stereocenters. The number of rotatable bonds is 7. The molecule has 0 aliphatic carbocycles. The standard InChI is InChI=1S/C52H35NO/c1-3-15-37(16-4-1)45-24-9-11-27-49(45)53(42-22-13-21-39(33-42)40-30-32-52-48(34-40)47-25-10-12-28-51(47)54-52)50-35-41(29-31-46(50)38-17-5-2-6-18-38)44-26-14-20-36-19-7-8-23-43(36)44/h1-35H. The summed E-state index contributed by atoms with van der Waals surface area (Å²) in [5.74, 6) is 0. The van der Waals surface area contributed by atoms with Gasteiger partial charge in [-0.05, 0) is 86.6 Å². The van der Waals surface area contributed by atoms with Crippen molar-refractivity contribution < 1.29 is 4.42 Å². The van der Waals surface area contributed by atoms with Gasteiger partial charge in [-0.1, -0.05) is 170 Å². The van der Waals surface area contributed by atoms with Gasteiger partial charge in [0, 0.05) is 27.6 Å². The second-order valence-electron chi connectivity index (χ2n) is 13.7. The number of para-hydroxylation sites is 2. The van der Waals surface area contributed by atoms with E-state index in [0.29, 0.717) is 0 Å². The van der Waals surface area contributed by atoms with E-state index in [1.807, 2.05) is 12.1 Å². The van der Waals surface area contributed by atoms with E-state index < -0.39 is 0 Å². The maximum atomic E-state index is 6.20. The third kappa shape index (κ3) is 5.62. The van der Waals surface area contributed by atoms with E-state index in [9.17, 15) is 0 Å². The molecule has 0 saturated carbocycles. The highest BCUT2D eigenvalue weighted by Crippen LogP contribution is 2.47. The molecule has 0 fully saturated rings. The molecule has 1 heterocycles. The van der Waals surface area contributed by atoms with Crippen LogP contribution in [0.5, 0.6) is 0 Å². The Kier molecular flexibility index (Phi) is 7.85. The third-order valence-corrected chi connectivity index (χ3v) is 10.5. The minimum Gasteiger partial charge on any atom is -0.456 e. The van der Waals surface area contributed by atoms with Gasteiger partial charge in [-0.3, -0.25) is 0 Å². The largest absolute Gasteiger partial charge is 0.456 e. The van der Waals surface area contributed by atoms with Gasteiger partial charge in [-0.2, -0.15) is 0 Å². The zero-order chi connectivity index (χ0) is 35.8. The molecule has 0 amide bonds. The molecule has 0 aliphatic rings. The summed E-state index contributed by atoms with van der Waals surface area (Å²) in [6.45, 7) is 0. The molecule has 0 aliphatic heterocycles. The van der Waals surface area contributed by atoms with E-state index in [1.54, 1.807) is 0 Å². The van der Waals surface area contributed by atoms with Gasteiger partial charge in [0.15, 0.2) is 0 Å². The summed E-state index contributed by atoms with van der Waals surface area (Å²) in [6.07, 6.45) is 0. The number of benzene rings is 9. The summed E-state index contributed by atoms with van der Waals surface area (Å²) < 4.78 is 6.20. The number of hydrogen-bond donors (Lipinski definition) is 0. The lowest BCUT2D eigenvalue weighted by Crippen LogP contribution is -2.13. The number of anilines is 3. The van der Waals surface area contributed by atoms with Crippen LogP contribution in [-0.2, 0) is 0 Å². The lowest BCUT2D eigenvalue weighted by Gasteiger charge is -2.31. The molecule has 254 valence electrons. The third-order valence-electron chi connectivity index (χ3n) is 10.5. The second-order valence-corrected chi connectivity index (χ2v) is 13.7. The predicted octanol–water partition coefficient (Wildman–Crippen LogP) is 14.9. The Balaban J connectivity index is 1.23. The fraction of sp³-hybridized carbons (Fsp3) is 0. The van der Waals surface area contributed by atoms with Gasteiger partial charge >= 0.3 is 0 Å². The van der Waals surface area contributed by atoms with Crippen molar-refractivity contribution in [1.29, 1.82) is 0 Å². The molecule has 0 spiro atoms. The topological polar surface area (TPSA) is 16.4 Å². The Labute approximate surface area is 314 Å². The molecule has 10 aromatic rings. The molecule has 2 nitrogen and oxygen atoms in total. The van der Waals surface area contributed by atoms with Crippen molar-refractivity contribution in [1.82, 2.24) is 0 Å². The normalized spacial score (nSPS) is 11.3. The Morgan fingerprint density at radius 2 is 0.870 bits per heavy atom. The van der Waals surface area contributed by atoms with E-state index in [0.717, 1.165) is 77.9 Å². The van der Waals surface area contributed by atoms with Crippen molar-refractivity contribution in [3.05, 3.63) is 212 Å². The van der Waals surface area contributed by atoms with Gasteiger partial charge < -0.3 is 9.32 Å². The van der Waals surface area contributed by atoms with Gasteiger partial charge in [0.25, 0.3) is 0 Å². The number of fused-ring (bicyclic) bond motifs is 4. The Morgan fingerprint density at radius 1 is 0.296 bits per heavy atom. The van der Waals surface area contributed by atoms with Crippen molar-refractivity contribution >= 4 is 49.8 Å². The Bertz CT molecular complexity index is 2940. The van der Waals surface area contributed by atoms with Crippen molar-refractivity contribution in [3.63, 3.8) is 0 Å². The van der Waals surface area contributed by atoms with Gasteiger partial charge in [-0.25, -0.2) is 0 Å². The molecular weight excluding hydrogens is 655 g/mol. The van der Waals surface area contributed by atoms with Gasteiger partial charge in [-0.15, -0.1) is 0 Å². The van der Waals surface area contributed by atoms with Crippen LogP contribution < -0.4 is 4.90 Å². The summed E-state index contributed by atoms with van der Waals surface area (Å²) >= 11 is 0. The molecule has 0 saturated heterocycles. The molecule has 0 N–H and O–H groups in total. The first kappa shape index (κ1) is 31.6. The van der Waals surface area contributed by atoms with E-state index in [2.05, 4.69) is 205 Å². The second kappa shape index (κ2) is 13.4. The number of hydrogen-bond acceptors (Lipinski definition) is 2.